The number of sulfonamides is 1. The van der Waals surface area contributed by atoms with Crippen LogP contribution in [0.4, 0.5) is 0 Å². The Balaban J connectivity index is 2.20. The van der Waals surface area contributed by atoms with E-state index in [-0.39, 0.29) is 11.4 Å². The maximum atomic E-state index is 12.1. The molecule has 1 N–H and O–H groups in total. The van der Waals surface area contributed by atoms with Crippen LogP contribution >= 0.6 is 0 Å². The first-order valence-corrected chi connectivity index (χ1v) is 6.91. The summed E-state index contributed by atoms with van der Waals surface area (Å²) in [7, 11) is -3.52. The van der Waals surface area contributed by atoms with Gasteiger partial charge in [-0.1, -0.05) is 17.7 Å². The summed E-state index contributed by atoms with van der Waals surface area (Å²) in [5.74, 6) is 0. The van der Waals surface area contributed by atoms with Crippen molar-refractivity contribution in [3.63, 3.8) is 0 Å². The predicted molar refractivity (Wildman–Crippen MR) is 66.4 cm³/mol. The lowest BCUT2D eigenvalue weighted by atomic mass is 10.2. The van der Waals surface area contributed by atoms with Crippen molar-refractivity contribution < 1.29 is 12.8 Å². The van der Waals surface area contributed by atoms with E-state index in [0.29, 0.717) is 5.69 Å². The molecule has 0 spiro atoms. The van der Waals surface area contributed by atoms with Gasteiger partial charge >= 0.3 is 0 Å². The number of benzene rings is 1. The number of aromatic nitrogens is 1. The highest BCUT2D eigenvalue weighted by Crippen LogP contribution is 2.16. The van der Waals surface area contributed by atoms with Gasteiger partial charge in [0.2, 0.25) is 10.0 Å². The maximum absolute atomic E-state index is 12.1. The molecule has 96 valence electrons. The second-order valence-corrected chi connectivity index (χ2v) is 5.81. The Hall–Kier alpha value is -1.66. The molecule has 0 fully saturated rings. The Morgan fingerprint density at radius 2 is 2.11 bits per heavy atom. The van der Waals surface area contributed by atoms with Gasteiger partial charge in [-0.3, -0.25) is 0 Å². The average Bonchev–Trinajstić information content (AvgIpc) is 2.78. The molecule has 0 atom stereocenters. The second-order valence-electron chi connectivity index (χ2n) is 4.07. The number of hydrogen-bond donors (Lipinski definition) is 1. The van der Waals surface area contributed by atoms with Crippen LogP contribution < -0.4 is 4.72 Å². The van der Waals surface area contributed by atoms with Gasteiger partial charge < -0.3 is 4.42 Å². The molecule has 6 heteroatoms. The van der Waals surface area contributed by atoms with Crippen molar-refractivity contribution in [2.45, 2.75) is 25.3 Å². The first-order valence-electron chi connectivity index (χ1n) is 5.43. The summed E-state index contributed by atoms with van der Waals surface area (Å²) < 4.78 is 31.4. The zero-order chi connectivity index (χ0) is 13.2. The van der Waals surface area contributed by atoms with Crippen molar-refractivity contribution in [2.24, 2.45) is 0 Å². The molecular formula is C12H14N2O3S. The van der Waals surface area contributed by atoms with E-state index in [4.69, 9.17) is 4.42 Å². The Labute approximate surface area is 106 Å². The molecule has 5 nitrogen and oxygen atoms in total. The third-order valence-electron chi connectivity index (χ3n) is 2.55. The molecule has 0 saturated carbocycles. The molecule has 0 bridgehead atoms. The molecule has 0 radical (unpaired) electrons. The van der Waals surface area contributed by atoms with Crippen LogP contribution in [0.15, 0.2) is 40.2 Å². The van der Waals surface area contributed by atoms with E-state index in [0.717, 1.165) is 11.1 Å². The predicted octanol–water partition coefficient (Wildman–Crippen LogP) is 1.77. The van der Waals surface area contributed by atoms with Gasteiger partial charge in [0.25, 0.3) is 0 Å². The zero-order valence-corrected chi connectivity index (χ0v) is 11.0. The van der Waals surface area contributed by atoms with Crippen molar-refractivity contribution in [2.75, 3.05) is 0 Å². The van der Waals surface area contributed by atoms with Crippen LogP contribution in [0.5, 0.6) is 0 Å². The second kappa shape index (κ2) is 4.91. The molecule has 0 aliphatic rings. The van der Waals surface area contributed by atoms with Crippen LogP contribution in [0.3, 0.4) is 0 Å². The fourth-order valence-electron chi connectivity index (χ4n) is 1.67. The Bertz CT molecular complexity index is 633. The van der Waals surface area contributed by atoms with E-state index >= 15 is 0 Å². The molecular weight excluding hydrogens is 252 g/mol. The lowest BCUT2D eigenvalue weighted by Gasteiger charge is -2.08. The molecule has 0 aliphatic carbocycles. The number of hydrogen-bond acceptors (Lipinski definition) is 4. The summed E-state index contributed by atoms with van der Waals surface area (Å²) in [4.78, 5) is 4.14. The van der Waals surface area contributed by atoms with Crippen LogP contribution in [0, 0.1) is 13.8 Å². The quantitative estimate of drug-likeness (QED) is 0.915. The summed E-state index contributed by atoms with van der Waals surface area (Å²) in [6.07, 6.45) is 2.67. The zero-order valence-electron chi connectivity index (χ0n) is 10.2. The first kappa shape index (κ1) is 12.8. The van der Waals surface area contributed by atoms with Crippen molar-refractivity contribution >= 4 is 10.0 Å². The number of oxazole rings is 1. The average molecular weight is 266 g/mol. The Kier molecular flexibility index (Phi) is 3.49. The fourth-order valence-corrected chi connectivity index (χ4v) is 2.90. The molecule has 0 saturated heterocycles. The van der Waals surface area contributed by atoms with Crippen molar-refractivity contribution in [1.29, 1.82) is 0 Å². The molecule has 0 aliphatic heterocycles. The van der Waals surface area contributed by atoms with Crippen LogP contribution in [0.1, 0.15) is 16.8 Å². The minimum absolute atomic E-state index is 0.117. The maximum Gasteiger partial charge on any atom is 0.241 e. The summed E-state index contributed by atoms with van der Waals surface area (Å²) in [5, 5.41) is 0. The van der Waals surface area contributed by atoms with E-state index in [1.165, 1.54) is 12.7 Å². The van der Waals surface area contributed by atoms with Crippen LogP contribution in [-0.4, -0.2) is 13.4 Å². The Morgan fingerprint density at radius 3 is 2.72 bits per heavy atom. The smallest absolute Gasteiger partial charge is 0.241 e. The number of rotatable bonds is 4. The normalized spacial score (nSPS) is 11.7. The SMILES string of the molecule is Cc1ccc(S(=O)(=O)NCc2cocn2)c(C)c1. The largest absolute Gasteiger partial charge is 0.451 e. The monoisotopic (exact) mass is 266 g/mol. The fraction of sp³-hybridized carbons (Fsp3) is 0.250. The molecule has 18 heavy (non-hydrogen) atoms. The molecule has 0 unspecified atom stereocenters. The highest BCUT2D eigenvalue weighted by Gasteiger charge is 2.16. The molecule has 1 aromatic carbocycles. The molecule has 1 heterocycles. The third-order valence-corrected chi connectivity index (χ3v) is 4.11. The molecule has 2 aromatic rings. The number of aryl methyl sites for hydroxylation is 2. The first-order chi connectivity index (χ1) is 8.49. The van der Waals surface area contributed by atoms with Crippen molar-refractivity contribution in [3.05, 3.63) is 47.7 Å². The lowest BCUT2D eigenvalue weighted by molar-refractivity contribution is 0.555. The highest BCUT2D eigenvalue weighted by atomic mass is 32.2. The van der Waals surface area contributed by atoms with Gasteiger partial charge in [-0.25, -0.2) is 18.1 Å². The van der Waals surface area contributed by atoms with Crippen molar-refractivity contribution in [3.8, 4) is 0 Å². The third kappa shape index (κ3) is 2.77. The van der Waals surface area contributed by atoms with Gasteiger partial charge in [0, 0.05) is 0 Å². The molecule has 1 aromatic heterocycles. The van der Waals surface area contributed by atoms with Gasteiger partial charge in [0.05, 0.1) is 17.1 Å². The van der Waals surface area contributed by atoms with Crippen LogP contribution in [0.2, 0.25) is 0 Å². The van der Waals surface area contributed by atoms with Crippen molar-refractivity contribution in [1.82, 2.24) is 9.71 Å². The summed E-state index contributed by atoms with van der Waals surface area (Å²) in [6.45, 7) is 3.82. The minimum atomic E-state index is -3.52. The van der Waals surface area contributed by atoms with Gasteiger partial charge in [-0.05, 0) is 25.5 Å². The standard InChI is InChI=1S/C12H14N2O3S/c1-9-3-4-12(10(2)5-9)18(15,16)14-6-11-7-17-8-13-11/h3-5,7-8,14H,6H2,1-2H3. The topological polar surface area (TPSA) is 72.2 Å². The van der Waals surface area contributed by atoms with Gasteiger partial charge in [0.1, 0.15) is 6.26 Å². The molecule has 0 amide bonds. The van der Waals surface area contributed by atoms with Gasteiger partial charge in [-0.15, -0.1) is 0 Å². The molecule has 2 rings (SSSR count). The van der Waals surface area contributed by atoms with Crippen LogP contribution in [0.25, 0.3) is 0 Å². The van der Waals surface area contributed by atoms with E-state index in [9.17, 15) is 8.42 Å². The Morgan fingerprint density at radius 1 is 1.33 bits per heavy atom. The van der Waals surface area contributed by atoms with E-state index < -0.39 is 10.0 Å². The van der Waals surface area contributed by atoms with E-state index in [1.54, 1.807) is 19.1 Å². The van der Waals surface area contributed by atoms with Crippen LogP contribution in [-0.2, 0) is 16.6 Å². The lowest BCUT2D eigenvalue weighted by Crippen LogP contribution is -2.24. The summed E-state index contributed by atoms with van der Waals surface area (Å²) >= 11 is 0. The van der Waals surface area contributed by atoms with E-state index in [1.807, 2.05) is 13.0 Å². The van der Waals surface area contributed by atoms with E-state index in [2.05, 4.69) is 9.71 Å². The van der Waals surface area contributed by atoms with Gasteiger partial charge in [0.15, 0.2) is 6.39 Å². The van der Waals surface area contributed by atoms with Gasteiger partial charge in [-0.2, -0.15) is 0 Å². The summed E-state index contributed by atoms with van der Waals surface area (Å²) in [5.41, 5.74) is 2.30. The number of nitrogens with zero attached hydrogens (tertiary/aromatic N) is 1. The minimum Gasteiger partial charge on any atom is -0.451 e. The summed E-state index contributed by atoms with van der Waals surface area (Å²) in [6, 6.07) is 5.22. The number of nitrogens with one attached hydrogen (secondary N) is 1. The highest BCUT2D eigenvalue weighted by molar-refractivity contribution is 7.89.